The van der Waals surface area contributed by atoms with Gasteiger partial charge in [-0.3, -0.25) is 4.79 Å². The van der Waals surface area contributed by atoms with E-state index in [0.29, 0.717) is 24.2 Å². The van der Waals surface area contributed by atoms with Gasteiger partial charge in [0.25, 0.3) is 5.91 Å². The van der Waals surface area contributed by atoms with Gasteiger partial charge in [-0.05, 0) is 52.2 Å². The highest BCUT2D eigenvalue weighted by Gasteiger charge is 2.28. The molecule has 5 nitrogen and oxygen atoms in total. The van der Waals surface area contributed by atoms with Gasteiger partial charge in [0.2, 0.25) is 0 Å². The van der Waals surface area contributed by atoms with Gasteiger partial charge in [0, 0.05) is 24.7 Å². The Morgan fingerprint density at radius 2 is 2.08 bits per heavy atom. The number of amides is 2. The molecule has 1 saturated heterocycles. The molecule has 2 amide bonds. The van der Waals surface area contributed by atoms with E-state index in [-0.39, 0.29) is 11.9 Å². The number of benzene rings is 1. The first-order valence-electron chi connectivity index (χ1n) is 8.56. The lowest BCUT2D eigenvalue weighted by Gasteiger charge is -2.34. The number of aryl methyl sites for hydroxylation is 1. The van der Waals surface area contributed by atoms with E-state index in [2.05, 4.69) is 11.2 Å². The first-order valence-corrected chi connectivity index (χ1v) is 8.56. The minimum atomic E-state index is -0.544. The summed E-state index contributed by atoms with van der Waals surface area (Å²) < 4.78 is 5.29. The Morgan fingerprint density at radius 1 is 1.36 bits per heavy atom. The average Bonchev–Trinajstić information content (AvgIpc) is 2.52. The number of nitrogens with one attached hydrogen (secondary N) is 1. The Labute approximate surface area is 149 Å². The number of piperidine rings is 1. The lowest BCUT2D eigenvalue weighted by molar-refractivity contribution is 0.0452. The van der Waals surface area contributed by atoms with Gasteiger partial charge in [0.1, 0.15) is 5.60 Å². The smallest absolute Gasteiger partial charge is 0.407 e. The summed E-state index contributed by atoms with van der Waals surface area (Å²) in [6.07, 6.45) is 6.77. The molecule has 1 heterocycles. The summed E-state index contributed by atoms with van der Waals surface area (Å²) in [5, 5.41) is 2.86. The van der Waals surface area contributed by atoms with Gasteiger partial charge in [-0.25, -0.2) is 4.79 Å². The number of hydrogen-bond acceptors (Lipinski definition) is 3. The molecule has 1 N–H and O–H groups in total. The second kappa shape index (κ2) is 7.60. The topological polar surface area (TPSA) is 58.6 Å². The number of likely N-dealkylation sites (tertiary alicyclic amines) is 1. The summed E-state index contributed by atoms with van der Waals surface area (Å²) in [7, 11) is 0. The Bertz CT molecular complexity index is 698. The van der Waals surface area contributed by atoms with Crippen molar-refractivity contribution in [2.45, 2.75) is 52.2 Å². The van der Waals surface area contributed by atoms with Crippen LogP contribution in [0.15, 0.2) is 18.2 Å². The number of hydrogen-bond donors (Lipinski definition) is 1. The third-order valence-electron chi connectivity index (χ3n) is 4.08. The fourth-order valence-corrected chi connectivity index (χ4v) is 2.96. The van der Waals surface area contributed by atoms with E-state index < -0.39 is 11.7 Å². The molecule has 1 aliphatic rings. The number of terminal acetylenes is 1. The molecule has 0 bridgehead atoms. The molecule has 1 aromatic rings. The van der Waals surface area contributed by atoms with Crippen molar-refractivity contribution in [3.63, 3.8) is 0 Å². The molecular weight excluding hydrogens is 316 g/mol. The second-order valence-electron chi connectivity index (χ2n) is 7.38. The van der Waals surface area contributed by atoms with Crippen molar-refractivity contribution in [2.75, 3.05) is 13.1 Å². The number of rotatable bonds is 2. The van der Waals surface area contributed by atoms with Crippen LogP contribution in [0.2, 0.25) is 0 Å². The van der Waals surface area contributed by atoms with Gasteiger partial charge in [0.15, 0.2) is 0 Å². The second-order valence-corrected chi connectivity index (χ2v) is 7.38. The summed E-state index contributed by atoms with van der Waals surface area (Å²) >= 11 is 0. The van der Waals surface area contributed by atoms with Crippen molar-refractivity contribution in [1.82, 2.24) is 10.2 Å². The van der Waals surface area contributed by atoms with Crippen LogP contribution in [-0.4, -0.2) is 41.6 Å². The maximum absolute atomic E-state index is 12.9. The number of carbonyl (C=O) groups is 2. The Kier molecular flexibility index (Phi) is 5.73. The van der Waals surface area contributed by atoms with Crippen LogP contribution in [-0.2, 0) is 4.74 Å². The van der Waals surface area contributed by atoms with Crippen molar-refractivity contribution in [3.05, 3.63) is 34.9 Å². The molecule has 1 aliphatic heterocycles. The van der Waals surface area contributed by atoms with Gasteiger partial charge in [-0.2, -0.15) is 0 Å². The van der Waals surface area contributed by atoms with Gasteiger partial charge in [-0.15, -0.1) is 6.42 Å². The van der Waals surface area contributed by atoms with Crippen LogP contribution in [0.1, 0.15) is 55.1 Å². The maximum atomic E-state index is 12.9. The van der Waals surface area contributed by atoms with Gasteiger partial charge >= 0.3 is 6.09 Å². The van der Waals surface area contributed by atoms with Crippen LogP contribution < -0.4 is 5.32 Å². The zero-order valence-electron chi connectivity index (χ0n) is 15.4. The van der Waals surface area contributed by atoms with Crippen molar-refractivity contribution >= 4 is 12.0 Å². The lowest BCUT2D eigenvalue weighted by Crippen LogP contribution is -2.50. The molecule has 2 rings (SSSR count). The third kappa shape index (κ3) is 4.99. The van der Waals surface area contributed by atoms with Crippen LogP contribution in [0.4, 0.5) is 4.79 Å². The van der Waals surface area contributed by atoms with Crippen molar-refractivity contribution in [2.24, 2.45) is 0 Å². The minimum Gasteiger partial charge on any atom is -0.444 e. The Balaban J connectivity index is 2.06. The molecule has 0 aromatic heterocycles. The zero-order valence-corrected chi connectivity index (χ0v) is 15.4. The minimum absolute atomic E-state index is 0.0904. The Hall–Kier alpha value is -2.48. The van der Waals surface area contributed by atoms with Crippen LogP contribution >= 0.6 is 0 Å². The SMILES string of the molecule is C#Cc1c(C)cccc1C(=O)N1CCC[C@@H](NC(=O)OC(C)(C)C)C1. The van der Waals surface area contributed by atoms with E-state index in [9.17, 15) is 9.59 Å². The van der Waals surface area contributed by atoms with E-state index in [4.69, 9.17) is 11.2 Å². The van der Waals surface area contributed by atoms with E-state index in [1.54, 1.807) is 11.0 Å². The normalized spacial score (nSPS) is 17.6. The predicted molar refractivity (Wildman–Crippen MR) is 97.4 cm³/mol. The molecule has 5 heteroatoms. The molecule has 0 unspecified atom stereocenters. The van der Waals surface area contributed by atoms with E-state index >= 15 is 0 Å². The highest BCUT2D eigenvalue weighted by atomic mass is 16.6. The summed E-state index contributed by atoms with van der Waals surface area (Å²) in [6, 6.07) is 5.38. The first-order chi connectivity index (χ1) is 11.7. The Morgan fingerprint density at radius 3 is 2.72 bits per heavy atom. The quantitative estimate of drug-likeness (QED) is 0.840. The fraction of sp³-hybridized carbons (Fsp3) is 0.500. The molecule has 1 fully saturated rings. The number of nitrogens with zero attached hydrogens (tertiary/aromatic N) is 1. The summed E-state index contributed by atoms with van der Waals surface area (Å²) in [5.41, 5.74) is 1.54. The molecule has 0 aliphatic carbocycles. The van der Waals surface area contributed by atoms with Crippen molar-refractivity contribution in [3.8, 4) is 12.3 Å². The summed E-state index contributed by atoms with van der Waals surface area (Å²) in [4.78, 5) is 26.6. The first kappa shape index (κ1) is 18.9. The summed E-state index contributed by atoms with van der Waals surface area (Å²) in [6.45, 7) is 8.47. The fourth-order valence-electron chi connectivity index (χ4n) is 2.96. The molecule has 134 valence electrons. The largest absolute Gasteiger partial charge is 0.444 e. The number of alkyl carbamates (subject to hydrolysis) is 1. The highest BCUT2D eigenvalue weighted by molar-refractivity contribution is 5.97. The maximum Gasteiger partial charge on any atom is 0.407 e. The molecule has 1 aromatic carbocycles. The number of ether oxygens (including phenoxy) is 1. The monoisotopic (exact) mass is 342 g/mol. The molecular formula is C20H26N2O3. The molecule has 0 radical (unpaired) electrons. The van der Waals surface area contributed by atoms with E-state index in [1.165, 1.54) is 0 Å². The molecule has 0 saturated carbocycles. The standard InChI is InChI=1S/C20H26N2O3/c1-6-16-14(2)9-7-11-17(16)18(23)22-12-8-10-15(13-22)21-19(24)25-20(3,4)5/h1,7,9,11,15H,8,10,12-13H2,2-5H3,(H,21,24)/t15-/m1/s1. The van der Waals surface area contributed by atoms with Crippen molar-refractivity contribution < 1.29 is 14.3 Å². The predicted octanol–water partition coefficient (Wildman–Crippen LogP) is 3.11. The van der Waals surface area contributed by atoms with E-state index in [1.807, 2.05) is 39.8 Å². The van der Waals surface area contributed by atoms with Crippen LogP contribution in [0.5, 0.6) is 0 Å². The molecule has 25 heavy (non-hydrogen) atoms. The van der Waals surface area contributed by atoms with E-state index in [0.717, 1.165) is 18.4 Å². The zero-order chi connectivity index (χ0) is 18.6. The van der Waals surface area contributed by atoms with Gasteiger partial charge in [-0.1, -0.05) is 18.1 Å². The highest BCUT2D eigenvalue weighted by Crippen LogP contribution is 2.19. The molecule has 0 spiro atoms. The lowest BCUT2D eigenvalue weighted by atomic mass is 9.99. The molecule has 1 atom stereocenters. The third-order valence-corrected chi connectivity index (χ3v) is 4.08. The van der Waals surface area contributed by atoms with Crippen LogP contribution in [0.3, 0.4) is 0 Å². The van der Waals surface area contributed by atoms with Crippen molar-refractivity contribution in [1.29, 1.82) is 0 Å². The number of carbonyl (C=O) groups excluding carboxylic acids is 2. The summed E-state index contributed by atoms with van der Waals surface area (Å²) in [5.74, 6) is 2.53. The van der Waals surface area contributed by atoms with Crippen LogP contribution in [0, 0.1) is 19.3 Å². The van der Waals surface area contributed by atoms with Gasteiger partial charge < -0.3 is 15.0 Å². The van der Waals surface area contributed by atoms with Crippen LogP contribution in [0.25, 0.3) is 0 Å². The average molecular weight is 342 g/mol. The van der Waals surface area contributed by atoms with Gasteiger partial charge in [0.05, 0.1) is 5.56 Å².